The van der Waals surface area contributed by atoms with Crippen LogP contribution in [0.3, 0.4) is 0 Å². The maximum atomic E-state index is 11.4. The van der Waals surface area contributed by atoms with Gasteiger partial charge in [0.2, 0.25) is 0 Å². The first-order valence-corrected chi connectivity index (χ1v) is 7.82. The Bertz CT molecular complexity index is 753. The van der Waals surface area contributed by atoms with Gasteiger partial charge in [0.1, 0.15) is 6.61 Å². The molecule has 0 bridgehead atoms. The van der Waals surface area contributed by atoms with E-state index in [1.165, 1.54) is 7.11 Å². The van der Waals surface area contributed by atoms with E-state index in [1.54, 1.807) is 43.5 Å². The minimum Gasteiger partial charge on any atom is -0.493 e. The number of rotatable bonds is 7. The number of ether oxygens (including phenoxy) is 3. The number of methoxy groups -OCH3 is 2. The van der Waals surface area contributed by atoms with Crippen molar-refractivity contribution in [1.82, 2.24) is 0 Å². The lowest BCUT2D eigenvalue weighted by Crippen LogP contribution is -2.03. The van der Waals surface area contributed by atoms with Gasteiger partial charge in [-0.3, -0.25) is 0 Å². The van der Waals surface area contributed by atoms with Crippen LogP contribution in [0.1, 0.15) is 34.8 Å². The number of hydrogen-bond acceptors (Lipinski definition) is 6. The van der Waals surface area contributed by atoms with E-state index in [2.05, 4.69) is 9.89 Å². The lowest BCUT2D eigenvalue weighted by atomic mass is 10.1. The number of carbonyl (C=O) groups is 1. The van der Waals surface area contributed by atoms with Crippen molar-refractivity contribution in [3.05, 3.63) is 59.2 Å². The molecule has 0 saturated heterocycles. The fourth-order valence-corrected chi connectivity index (χ4v) is 2.31. The summed E-state index contributed by atoms with van der Waals surface area (Å²) in [6.07, 6.45) is 0.604. The van der Waals surface area contributed by atoms with E-state index in [9.17, 15) is 4.79 Å². The smallest absolute Gasteiger partial charge is 0.337 e. The van der Waals surface area contributed by atoms with Crippen molar-refractivity contribution in [3.63, 3.8) is 0 Å². The van der Waals surface area contributed by atoms with Crippen LogP contribution in [0.4, 0.5) is 0 Å². The molecule has 0 fully saturated rings. The molecule has 0 spiro atoms. The molecule has 6 heteroatoms. The predicted octanol–water partition coefficient (Wildman–Crippen LogP) is 3.65. The Kier molecular flexibility index (Phi) is 6.39. The van der Waals surface area contributed by atoms with E-state index in [0.29, 0.717) is 35.8 Å². The third-order valence-electron chi connectivity index (χ3n) is 3.72. The van der Waals surface area contributed by atoms with Crippen LogP contribution in [0.5, 0.6) is 11.5 Å². The normalized spacial score (nSPS) is 11.1. The summed E-state index contributed by atoms with van der Waals surface area (Å²) in [4.78, 5) is 11.4. The summed E-state index contributed by atoms with van der Waals surface area (Å²) in [6.45, 7) is 2.23. The average molecular weight is 343 g/mol. The van der Waals surface area contributed by atoms with E-state index >= 15 is 0 Å². The Morgan fingerprint density at radius 2 is 1.72 bits per heavy atom. The number of esters is 1. The van der Waals surface area contributed by atoms with Crippen molar-refractivity contribution < 1.29 is 24.2 Å². The SMILES string of the molecule is CCC(=NO)c1ccc(OCc2ccc(C(=O)OC)cc2)c(OC)c1. The molecule has 6 nitrogen and oxygen atoms in total. The first-order chi connectivity index (χ1) is 12.1. The van der Waals surface area contributed by atoms with E-state index in [4.69, 9.17) is 14.7 Å². The zero-order chi connectivity index (χ0) is 18.2. The Hall–Kier alpha value is -3.02. The fraction of sp³-hybridized carbons (Fsp3) is 0.263. The first kappa shape index (κ1) is 18.3. The maximum absolute atomic E-state index is 11.4. The van der Waals surface area contributed by atoms with Gasteiger partial charge in [-0.15, -0.1) is 0 Å². The minimum atomic E-state index is -0.373. The molecule has 2 aromatic carbocycles. The minimum absolute atomic E-state index is 0.325. The van der Waals surface area contributed by atoms with Gasteiger partial charge in [0, 0.05) is 5.56 Å². The van der Waals surface area contributed by atoms with Crippen LogP contribution < -0.4 is 9.47 Å². The Balaban J connectivity index is 2.11. The van der Waals surface area contributed by atoms with Crippen LogP contribution in [0.25, 0.3) is 0 Å². The number of oxime groups is 1. The number of benzene rings is 2. The van der Waals surface area contributed by atoms with Gasteiger partial charge >= 0.3 is 5.97 Å². The Labute approximate surface area is 146 Å². The second-order valence-electron chi connectivity index (χ2n) is 5.24. The molecule has 0 atom stereocenters. The van der Waals surface area contributed by atoms with Crippen molar-refractivity contribution in [2.75, 3.05) is 14.2 Å². The van der Waals surface area contributed by atoms with Crippen molar-refractivity contribution in [3.8, 4) is 11.5 Å². The molecule has 0 saturated carbocycles. The molecular formula is C19H21NO5. The fourth-order valence-electron chi connectivity index (χ4n) is 2.31. The van der Waals surface area contributed by atoms with Crippen molar-refractivity contribution in [2.24, 2.45) is 5.16 Å². The third-order valence-corrected chi connectivity index (χ3v) is 3.72. The summed E-state index contributed by atoms with van der Waals surface area (Å²) < 4.78 is 15.8. The first-order valence-electron chi connectivity index (χ1n) is 7.82. The molecule has 0 aliphatic heterocycles. The van der Waals surface area contributed by atoms with Gasteiger partial charge in [0.25, 0.3) is 0 Å². The molecule has 132 valence electrons. The van der Waals surface area contributed by atoms with Crippen LogP contribution in [-0.4, -0.2) is 31.1 Å². The molecule has 0 unspecified atom stereocenters. The van der Waals surface area contributed by atoms with Crippen LogP contribution in [-0.2, 0) is 11.3 Å². The van der Waals surface area contributed by atoms with E-state index in [1.807, 2.05) is 13.0 Å². The largest absolute Gasteiger partial charge is 0.493 e. The lowest BCUT2D eigenvalue weighted by Gasteiger charge is -2.12. The Morgan fingerprint density at radius 1 is 1.04 bits per heavy atom. The van der Waals surface area contributed by atoms with Crippen LogP contribution >= 0.6 is 0 Å². The summed E-state index contributed by atoms with van der Waals surface area (Å²) >= 11 is 0. The van der Waals surface area contributed by atoms with Gasteiger partial charge in [-0.2, -0.15) is 0 Å². The molecule has 0 radical (unpaired) electrons. The van der Waals surface area contributed by atoms with E-state index < -0.39 is 0 Å². The highest BCUT2D eigenvalue weighted by Gasteiger charge is 2.10. The zero-order valence-corrected chi connectivity index (χ0v) is 14.5. The van der Waals surface area contributed by atoms with Crippen molar-refractivity contribution in [2.45, 2.75) is 20.0 Å². The summed E-state index contributed by atoms with van der Waals surface area (Å²) in [5, 5.41) is 12.3. The molecule has 0 aliphatic rings. The molecule has 0 aromatic heterocycles. The van der Waals surface area contributed by atoms with Gasteiger partial charge in [-0.25, -0.2) is 4.79 Å². The summed E-state index contributed by atoms with van der Waals surface area (Å²) in [5.41, 5.74) is 2.74. The molecule has 1 N–H and O–H groups in total. The van der Waals surface area contributed by atoms with Crippen molar-refractivity contribution in [1.29, 1.82) is 0 Å². The van der Waals surface area contributed by atoms with Gasteiger partial charge < -0.3 is 19.4 Å². The highest BCUT2D eigenvalue weighted by Crippen LogP contribution is 2.29. The van der Waals surface area contributed by atoms with Crippen LogP contribution in [0.15, 0.2) is 47.6 Å². The molecule has 25 heavy (non-hydrogen) atoms. The van der Waals surface area contributed by atoms with Crippen LogP contribution in [0.2, 0.25) is 0 Å². The molecule has 2 rings (SSSR count). The average Bonchev–Trinajstić information content (AvgIpc) is 2.67. The number of hydrogen-bond donors (Lipinski definition) is 1. The summed E-state index contributed by atoms with van der Waals surface area (Å²) in [5.74, 6) is 0.761. The topological polar surface area (TPSA) is 77.4 Å². The number of carbonyl (C=O) groups excluding carboxylic acids is 1. The highest BCUT2D eigenvalue weighted by atomic mass is 16.5. The van der Waals surface area contributed by atoms with Gasteiger partial charge in [0.05, 0.1) is 25.5 Å². The quantitative estimate of drug-likeness (QED) is 0.359. The standard InChI is InChI=1S/C19H21NO5/c1-4-16(20-22)15-9-10-17(18(11-15)23-2)25-12-13-5-7-14(8-6-13)19(21)24-3/h5-11,22H,4,12H2,1-3H3. The van der Waals surface area contributed by atoms with Gasteiger partial charge in [-0.1, -0.05) is 24.2 Å². The second kappa shape index (κ2) is 8.73. The van der Waals surface area contributed by atoms with Gasteiger partial charge in [0.15, 0.2) is 11.5 Å². The summed E-state index contributed by atoms with van der Waals surface area (Å²) in [7, 11) is 2.90. The molecular weight excluding hydrogens is 322 g/mol. The van der Waals surface area contributed by atoms with Gasteiger partial charge in [-0.05, 0) is 42.3 Å². The van der Waals surface area contributed by atoms with E-state index in [-0.39, 0.29) is 5.97 Å². The molecule has 2 aromatic rings. The molecule has 0 amide bonds. The summed E-state index contributed by atoms with van der Waals surface area (Å²) in [6, 6.07) is 12.4. The zero-order valence-electron chi connectivity index (χ0n) is 14.5. The molecule has 0 aliphatic carbocycles. The highest BCUT2D eigenvalue weighted by molar-refractivity contribution is 6.00. The van der Waals surface area contributed by atoms with E-state index in [0.717, 1.165) is 11.1 Å². The Morgan fingerprint density at radius 3 is 2.28 bits per heavy atom. The maximum Gasteiger partial charge on any atom is 0.337 e. The van der Waals surface area contributed by atoms with Crippen LogP contribution in [0, 0.1) is 0 Å². The third kappa shape index (κ3) is 4.50. The second-order valence-corrected chi connectivity index (χ2v) is 5.24. The monoisotopic (exact) mass is 343 g/mol. The number of nitrogens with zero attached hydrogens (tertiary/aromatic N) is 1. The predicted molar refractivity (Wildman–Crippen MR) is 93.7 cm³/mol. The van der Waals surface area contributed by atoms with Crippen molar-refractivity contribution >= 4 is 11.7 Å². The lowest BCUT2D eigenvalue weighted by molar-refractivity contribution is 0.0600. The molecule has 0 heterocycles.